The molecule has 10 heteroatoms. The molecule has 0 amide bonds. The van der Waals surface area contributed by atoms with Crippen LogP contribution in [-0.4, -0.2) is 23.9 Å². The predicted octanol–water partition coefficient (Wildman–Crippen LogP) is 7.81. The van der Waals surface area contributed by atoms with E-state index in [1.54, 1.807) is 19.9 Å². The summed E-state index contributed by atoms with van der Waals surface area (Å²) in [5.41, 5.74) is 1.08. The van der Waals surface area contributed by atoms with E-state index < -0.39 is 47.2 Å². The number of hydrogen-bond acceptors (Lipinski definition) is 8. The number of benzene rings is 3. The Bertz CT molecular complexity index is 1800. The topological polar surface area (TPSA) is 105 Å². The molecule has 0 heterocycles. The molecule has 0 saturated carbocycles. The average Bonchev–Trinajstić information content (AvgIpc) is 2.98. The molecule has 3 aromatic rings. The van der Waals surface area contributed by atoms with Crippen molar-refractivity contribution >= 4 is 36.0 Å². The van der Waals surface area contributed by atoms with Gasteiger partial charge < -0.3 is 18.9 Å². The van der Waals surface area contributed by atoms with Gasteiger partial charge in [0.05, 0.1) is 5.92 Å². The Morgan fingerprint density at radius 1 is 0.630 bits per heavy atom. The van der Waals surface area contributed by atoms with Gasteiger partial charge in [0.15, 0.2) is 11.6 Å². The maximum Gasteiger partial charge on any atom is 0.338 e. The van der Waals surface area contributed by atoms with Gasteiger partial charge in [0, 0.05) is 45.5 Å². The minimum absolute atomic E-state index is 0.0135. The number of halogens is 2. The Balaban J connectivity index is 2.01. The van der Waals surface area contributed by atoms with Crippen LogP contribution in [-0.2, 0) is 19.2 Å². The molecule has 238 valence electrons. The van der Waals surface area contributed by atoms with Gasteiger partial charge in [-0.2, -0.15) is 0 Å². The highest BCUT2D eigenvalue weighted by Crippen LogP contribution is 2.36. The van der Waals surface area contributed by atoms with E-state index in [0.717, 1.165) is 12.1 Å². The number of carbonyl (C=O) groups excluding carboxylic acids is 4. The summed E-state index contributed by atoms with van der Waals surface area (Å²) in [5, 5.41) is 0. The molecule has 0 bridgehead atoms. The first-order valence-electron chi connectivity index (χ1n) is 13.9. The Kier molecular flexibility index (Phi) is 11.3. The number of esters is 4. The van der Waals surface area contributed by atoms with Crippen molar-refractivity contribution in [2.45, 2.75) is 34.6 Å². The average molecular weight is 631 g/mol. The van der Waals surface area contributed by atoms with Crippen molar-refractivity contribution in [1.82, 2.24) is 0 Å². The lowest BCUT2D eigenvalue weighted by Gasteiger charge is -2.13. The van der Waals surface area contributed by atoms with Crippen LogP contribution in [0, 0.1) is 17.6 Å². The first-order chi connectivity index (χ1) is 21.6. The Morgan fingerprint density at radius 3 is 1.76 bits per heavy atom. The molecule has 0 N–H and O–H groups in total. The highest BCUT2D eigenvalue weighted by molar-refractivity contribution is 5.92. The van der Waals surface area contributed by atoms with Gasteiger partial charge in [-0.3, -0.25) is 4.79 Å². The molecule has 0 fully saturated rings. The summed E-state index contributed by atoms with van der Waals surface area (Å²) in [6, 6.07) is 10.5. The monoisotopic (exact) mass is 630 g/mol. The van der Waals surface area contributed by atoms with Crippen molar-refractivity contribution in [2.24, 2.45) is 5.92 Å². The van der Waals surface area contributed by atoms with Gasteiger partial charge in [-0.15, -0.1) is 0 Å². The molecular weight excluding hydrogens is 598 g/mol. The zero-order valence-electron chi connectivity index (χ0n) is 26.0. The third-order valence-corrected chi connectivity index (χ3v) is 6.11. The van der Waals surface area contributed by atoms with Crippen molar-refractivity contribution in [3.63, 3.8) is 0 Å². The molecule has 3 aromatic carbocycles. The second kappa shape index (κ2) is 14.9. The van der Waals surface area contributed by atoms with Gasteiger partial charge >= 0.3 is 23.9 Å². The lowest BCUT2D eigenvalue weighted by Crippen LogP contribution is -2.16. The van der Waals surface area contributed by atoms with Crippen molar-refractivity contribution in [3.8, 4) is 34.1 Å². The second-order valence-electron chi connectivity index (χ2n) is 10.6. The Morgan fingerprint density at radius 2 is 1.20 bits per heavy atom. The zero-order chi connectivity index (χ0) is 34.3. The molecule has 3 rings (SSSR count). The van der Waals surface area contributed by atoms with Crippen LogP contribution in [0.4, 0.5) is 8.78 Å². The van der Waals surface area contributed by atoms with E-state index >= 15 is 4.39 Å². The van der Waals surface area contributed by atoms with Gasteiger partial charge in [-0.1, -0.05) is 57.9 Å². The largest absolute Gasteiger partial charge is 0.423 e. The van der Waals surface area contributed by atoms with E-state index in [1.165, 1.54) is 63.3 Å². The summed E-state index contributed by atoms with van der Waals surface area (Å²) in [6.07, 6.45) is 2.65. The number of rotatable bonds is 11. The maximum absolute atomic E-state index is 15.4. The minimum atomic E-state index is -0.909. The van der Waals surface area contributed by atoms with E-state index in [4.69, 9.17) is 18.9 Å². The van der Waals surface area contributed by atoms with Crippen LogP contribution in [0.3, 0.4) is 0 Å². The fraction of sp³-hybridized carbons (Fsp3) is 0.167. The first-order valence-corrected chi connectivity index (χ1v) is 13.9. The van der Waals surface area contributed by atoms with Crippen molar-refractivity contribution in [2.75, 3.05) is 0 Å². The second-order valence-corrected chi connectivity index (χ2v) is 10.6. The molecule has 0 aromatic heterocycles. The number of ether oxygens (including phenoxy) is 4. The fourth-order valence-corrected chi connectivity index (χ4v) is 3.54. The molecule has 0 spiro atoms. The van der Waals surface area contributed by atoms with Crippen LogP contribution in [0.15, 0.2) is 85.0 Å². The summed E-state index contributed by atoms with van der Waals surface area (Å²) in [6.45, 7) is 18.1. The van der Waals surface area contributed by atoms with Gasteiger partial charge in [0.1, 0.15) is 23.1 Å². The number of hydrogen-bond donors (Lipinski definition) is 0. The highest BCUT2D eigenvalue weighted by Gasteiger charge is 2.19. The van der Waals surface area contributed by atoms with Crippen molar-refractivity contribution in [3.05, 3.63) is 108 Å². The molecule has 46 heavy (non-hydrogen) atoms. The molecule has 0 atom stereocenters. The van der Waals surface area contributed by atoms with E-state index in [0.29, 0.717) is 11.1 Å². The quantitative estimate of drug-likeness (QED) is 0.0915. The molecule has 8 nitrogen and oxygen atoms in total. The molecular formula is C36H32F2O8. The number of carbonyl (C=O) groups is 4. The lowest BCUT2D eigenvalue weighted by molar-refractivity contribution is -0.138. The standard InChI is InChI=1S/C36H32F2O8/c1-19(2)33(39)43-26-13-14-27(31(17-26)45-35(41)21(5)6)24-11-9-23(28(37)15-24)10-12-25-16-29(38)32(46-36(42)22(7)8)18-30(25)44-34(40)20(3)4/h9-18,22H,1,3,5H2,2,4,6-8H3/b12-10+. The Hall–Kier alpha value is -5.64. The SMILES string of the molecule is C=C(C)C(=O)Oc1ccc(-c2ccc(/C=C/c3cc(F)c(OC(=O)C(C)C)cc3OC(=O)C(=C)C)c(F)c2)c(OC(=O)C(=C)C)c1. The molecule has 0 aliphatic heterocycles. The fourth-order valence-electron chi connectivity index (χ4n) is 3.54. The molecule has 0 aliphatic carbocycles. The molecule has 0 aliphatic rings. The van der Waals surface area contributed by atoms with Crippen molar-refractivity contribution < 1.29 is 46.9 Å². The van der Waals surface area contributed by atoms with Crippen LogP contribution in [0.2, 0.25) is 0 Å². The molecule has 0 radical (unpaired) electrons. The molecule has 0 saturated heterocycles. The van der Waals surface area contributed by atoms with Gasteiger partial charge in [0.25, 0.3) is 0 Å². The van der Waals surface area contributed by atoms with Gasteiger partial charge in [0.2, 0.25) is 0 Å². The maximum atomic E-state index is 15.4. The third-order valence-electron chi connectivity index (χ3n) is 6.11. The smallest absolute Gasteiger partial charge is 0.338 e. The lowest BCUT2D eigenvalue weighted by atomic mass is 10.0. The van der Waals surface area contributed by atoms with Crippen LogP contribution < -0.4 is 18.9 Å². The summed E-state index contributed by atoms with van der Waals surface area (Å²) in [4.78, 5) is 48.6. The third kappa shape index (κ3) is 8.95. The zero-order valence-corrected chi connectivity index (χ0v) is 26.0. The minimum Gasteiger partial charge on any atom is -0.423 e. The van der Waals surface area contributed by atoms with E-state index in [-0.39, 0.29) is 45.1 Å². The first kappa shape index (κ1) is 34.8. The van der Waals surface area contributed by atoms with Crippen molar-refractivity contribution in [1.29, 1.82) is 0 Å². The summed E-state index contributed by atoms with van der Waals surface area (Å²) >= 11 is 0. The van der Waals surface area contributed by atoms with Gasteiger partial charge in [-0.25, -0.2) is 23.2 Å². The van der Waals surface area contributed by atoms with Crippen LogP contribution in [0.1, 0.15) is 45.7 Å². The van der Waals surface area contributed by atoms with Crippen LogP contribution in [0.5, 0.6) is 23.0 Å². The summed E-state index contributed by atoms with van der Waals surface area (Å²) in [7, 11) is 0. The summed E-state index contributed by atoms with van der Waals surface area (Å²) < 4.78 is 51.4. The Labute approximate surface area is 265 Å². The highest BCUT2D eigenvalue weighted by atomic mass is 19.1. The van der Waals surface area contributed by atoms with Crippen LogP contribution >= 0.6 is 0 Å². The van der Waals surface area contributed by atoms with E-state index in [9.17, 15) is 23.6 Å². The van der Waals surface area contributed by atoms with Crippen LogP contribution in [0.25, 0.3) is 23.3 Å². The summed E-state index contributed by atoms with van der Waals surface area (Å²) in [5.74, 6) is -5.62. The predicted molar refractivity (Wildman–Crippen MR) is 169 cm³/mol. The van der Waals surface area contributed by atoms with E-state index in [1.807, 2.05) is 0 Å². The molecule has 0 unspecified atom stereocenters. The normalized spacial score (nSPS) is 10.8. The van der Waals surface area contributed by atoms with Gasteiger partial charge in [-0.05, 0) is 50.6 Å². The van der Waals surface area contributed by atoms with E-state index in [2.05, 4.69) is 19.7 Å².